The fraction of sp³-hybridized carbons (Fsp3) is 0.0909. The summed E-state index contributed by atoms with van der Waals surface area (Å²) >= 11 is 0. The zero-order chi connectivity index (χ0) is 14.2. The maximum absolute atomic E-state index is 10.7. The van der Waals surface area contributed by atoms with Gasteiger partial charge in [0, 0.05) is 30.1 Å². The van der Waals surface area contributed by atoms with E-state index in [9.17, 15) is 13.0 Å². The third kappa shape index (κ3) is 2.63. The van der Waals surface area contributed by atoms with E-state index in [2.05, 4.69) is 15.1 Å². The minimum atomic E-state index is -4.31. The predicted octanol–water partition coefficient (Wildman–Crippen LogP) is -0.419. The van der Waals surface area contributed by atoms with E-state index in [1.54, 1.807) is 35.2 Å². The van der Waals surface area contributed by atoms with Gasteiger partial charge in [-0.05, 0) is 0 Å². The largest absolute Gasteiger partial charge is 0.743 e. The molecule has 0 N–H and O–H groups in total. The number of rotatable bonds is 3. The first-order valence-corrected chi connectivity index (χ1v) is 7.18. The van der Waals surface area contributed by atoms with E-state index in [1.165, 1.54) is 17.0 Å². The highest BCUT2D eigenvalue weighted by atomic mass is 32.2. The summed E-state index contributed by atoms with van der Waals surface area (Å²) in [5, 5.41) is 4.26. The van der Waals surface area contributed by atoms with Crippen LogP contribution in [0.2, 0.25) is 0 Å². The molecule has 0 amide bonds. The Morgan fingerprint density at radius 2 is 2.05 bits per heavy atom. The van der Waals surface area contributed by atoms with E-state index in [0.29, 0.717) is 17.0 Å². The van der Waals surface area contributed by atoms with Gasteiger partial charge in [0.05, 0.1) is 6.20 Å². The Kier molecular flexibility index (Phi) is 2.92. The van der Waals surface area contributed by atoms with Gasteiger partial charge in [0.2, 0.25) is 5.88 Å². The second-order valence-corrected chi connectivity index (χ2v) is 5.48. The van der Waals surface area contributed by atoms with Crippen molar-refractivity contribution >= 4 is 15.8 Å². The van der Waals surface area contributed by atoms with Crippen LogP contribution in [0.4, 0.5) is 0 Å². The summed E-state index contributed by atoms with van der Waals surface area (Å²) in [5.74, 6) is -0.106. The molecule has 0 radical (unpaired) electrons. The lowest BCUT2D eigenvalue weighted by Gasteiger charge is -2.02. The first-order valence-electron chi connectivity index (χ1n) is 5.61. The first-order chi connectivity index (χ1) is 9.51. The molecule has 0 saturated carbocycles. The molecule has 3 rings (SSSR count). The van der Waals surface area contributed by atoms with E-state index in [1.807, 2.05) is 0 Å². The fourth-order valence-electron chi connectivity index (χ4n) is 1.74. The zero-order valence-electron chi connectivity index (χ0n) is 10.1. The molecular weight excluding hydrogens is 282 g/mol. The smallest absolute Gasteiger partial charge is 0.236 e. The lowest BCUT2D eigenvalue weighted by molar-refractivity contribution is -0.678. The summed E-state index contributed by atoms with van der Waals surface area (Å²) in [4.78, 5) is 8.23. The molecule has 102 valence electrons. The molecule has 20 heavy (non-hydrogen) atoms. The lowest BCUT2D eigenvalue weighted by atomic mass is 10.2. The van der Waals surface area contributed by atoms with E-state index in [4.69, 9.17) is 0 Å². The average Bonchev–Trinajstić information content (AvgIpc) is 2.81. The molecule has 0 aliphatic rings. The molecule has 0 aromatic carbocycles. The third-order valence-corrected chi connectivity index (χ3v) is 3.21. The Labute approximate surface area is 114 Å². The second kappa shape index (κ2) is 4.62. The van der Waals surface area contributed by atoms with Crippen LogP contribution in [0.25, 0.3) is 17.0 Å². The number of hydrogen-bond donors (Lipinski definition) is 0. The van der Waals surface area contributed by atoms with Crippen LogP contribution in [0.15, 0.2) is 43.1 Å². The van der Waals surface area contributed by atoms with Crippen LogP contribution < -0.4 is 4.57 Å². The van der Waals surface area contributed by atoms with Gasteiger partial charge in [0.25, 0.3) is 0 Å². The molecule has 0 atom stereocenters. The average molecular weight is 291 g/mol. The standard InChI is InChI=1S/C11H9N5O3S/c17-20(18,19)8-15-4-1-9(2-5-15)11-13-10-7-12-3-6-16(10)14-11/h1-7H,8H2. The normalized spacial score (nSPS) is 11.8. The maximum Gasteiger partial charge on any atom is 0.236 e. The zero-order valence-corrected chi connectivity index (χ0v) is 10.9. The lowest BCUT2D eigenvalue weighted by Crippen LogP contribution is -2.36. The number of nitrogens with zero attached hydrogens (tertiary/aromatic N) is 5. The summed E-state index contributed by atoms with van der Waals surface area (Å²) in [6.07, 6.45) is 7.86. The summed E-state index contributed by atoms with van der Waals surface area (Å²) < 4.78 is 34.9. The van der Waals surface area contributed by atoms with Gasteiger partial charge in [-0.3, -0.25) is 4.98 Å². The molecule has 0 spiro atoms. The summed E-state index contributed by atoms with van der Waals surface area (Å²) in [7, 11) is -4.31. The number of aromatic nitrogens is 5. The van der Waals surface area contributed by atoms with E-state index >= 15 is 0 Å². The van der Waals surface area contributed by atoms with Crippen LogP contribution >= 0.6 is 0 Å². The van der Waals surface area contributed by atoms with Gasteiger partial charge >= 0.3 is 0 Å². The van der Waals surface area contributed by atoms with Crippen LogP contribution in [0, 0.1) is 0 Å². The number of pyridine rings is 1. The topological polar surface area (TPSA) is 104 Å². The SMILES string of the molecule is O=S(=O)([O-])C[n+]1ccc(-c2nc3cnccn3n2)cc1. The molecule has 3 aromatic heterocycles. The Balaban J connectivity index is 1.94. The molecule has 0 fully saturated rings. The van der Waals surface area contributed by atoms with Gasteiger partial charge < -0.3 is 4.55 Å². The van der Waals surface area contributed by atoms with Crippen molar-refractivity contribution in [2.75, 3.05) is 0 Å². The highest BCUT2D eigenvalue weighted by Gasteiger charge is 2.10. The van der Waals surface area contributed by atoms with Crippen molar-refractivity contribution in [3.63, 3.8) is 0 Å². The monoisotopic (exact) mass is 291 g/mol. The Hall–Kier alpha value is -2.39. The molecule has 3 heterocycles. The molecule has 0 bridgehead atoms. The number of hydrogen-bond acceptors (Lipinski definition) is 6. The van der Waals surface area contributed by atoms with Gasteiger partial charge in [-0.2, -0.15) is 4.57 Å². The van der Waals surface area contributed by atoms with Crippen LogP contribution in [-0.2, 0) is 16.0 Å². The molecule has 0 unspecified atom stereocenters. The van der Waals surface area contributed by atoms with Crippen LogP contribution in [0.3, 0.4) is 0 Å². The van der Waals surface area contributed by atoms with Crippen molar-refractivity contribution < 1.29 is 17.5 Å². The van der Waals surface area contributed by atoms with Crippen molar-refractivity contribution in [3.05, 3.63) is 43.1 Å². The van der Waals surface area contributed by atoms with Crippen molar-refractivity contribution in [2.24, 2.45) is 0 Å². The molecule has 8 nitrogen and oxygen atoms in total. The van der Waals surface area contributed by atoms with Gasteiger partial charge in [-0.15, -0.1) is 5.10 Å². The number of fused-ring (bicyclic) bond motifs is 1. The molecule has 0 saturated heterocycles. The summed E-state index contributed by atoms with van der Waals surface area (Å²) in [6.45, 7) is 0. The highest BCUT2D eigenvalue weighted by molar-refractivity contribution is 7.84. The van der Waals surface area contributed by atoms with Crippen molar-refractivity contribution in [1.29, 1.82) is 0 Å². The van der Waals surface area contributed by atoms with Crippen molar-refractivity contribution in [2.45, 2.75) is 5.88 Å². The molecule has 0 aliphatic heterocycles. The van der Waals surface area contributed by atoms with Gasteiger partial charge in [-0.25, -0.2) is 17.9 Å². The first kappa shape index (κ1) is 12.6. The van der Waals surface area contributed by atoms with Crippen molar-refractivity contribution in [1.82, 2.24) is 19.6 Å². The van der Waals surface area contributed by atoms with Gasteiger partial charge in [-0.1, -0.05) is 0 Å². The minimum absolute atomic E-state index is 0.495. The Morgan fingerprint density at radius 1 is 1.30 bits per heavy atom. The minimum Gasteiger partial charge on any atom is -0.743 e. The van der Waals surface area contributed by atoms with E-state index < -0.39 is 16.0 Å². The van der Waals surface area contributed by atoms with Gasteiger partial charge in [0.1, 0.15) is 0 Å². The quantitative estimate of drug-likeness (QED) is 0.479. The molecule has 9 heteroatoms. The van der Waals surface area contributed by atoms with E-state index in [-0.39, 0.29) is 0 Å². The van der Waals surface area contributed by atoms with Gasteiger partial charge in [0.15, 0.2) is 34.0 Å². The molecule has 0 aliphatic carbocycles. The van der Waals surface area contributed by atoms with Crippen LogP contribution in [0.5, 0.6) is 0 Å². The summed E-state index contributed by atoms with van der Waals surface area (Å²) in [5.41, 5.74) is 1.33. The Morgan fingerprint density at radius 3 is 2.70 bits per heavy atom. The van der Waals surface area contributed by atoms with Crippen LogP contribution in [-0.4, -0.2) is 32.6 Å². The van der Waals surface area contributed by atoms with E-state index in [0.717, 1.165) is 0 Å². The molecule has 3 aromatic rings. The maximum atomic E-state index is 10.7. The summed E-state index contributed by atoms with van der Waals surface area (Å²) in [6, 6.07) is 3.29. The predicted molar refractivity (Wildman–Crippen MR) is 66.1 cm³/mol. The van der Waals surface area contributed by atoms with Crippen molar-refractivity contribution in [3.8, 4) is 11.4 Å². The second-order valence-electron chi connectivity index (χ2n) is 4.10. The van der Waals surface area contributed by atoms with Crippen LogP contribution in [0.1, 0.15) is 0 Å². The Bertz CT molecular complexity index is 824. The molecular formula is C11H9N5O3S. The third-order valence-electron chi connectivity index (χ3n) is 2.60. The fourth-order valence-corrected chi connectivity index (χ4v) is 2.28. The highest BCUT2D eigenvalue weighted by Crippen LogP contribution is 2.13.